The third-order valence-corrected chi connectivity index (χ3v) is 4.82. The van der Waals surface area contributed by atoms with Gasteiger partial charge in [-0.25, -0.2) is 4.98 Å². The highest BCUT2D eigenvalue weighted by molar-refractivity contribution is 7.07. The van der Waals surface area contributed by atoms with E-state index in [4.69, 9.17) is 0 Å². The molecule has 2 aliphatic heterocycles. The van der Waals surface area contributed by atoms with E-state index < -0.39 is 0 Å². The lowest BCUT2D eigenvalue weighted by atomic mass is 10.0. The summed E-state index contributed by atoms with van der Waals surface area (Å²) in [6.07, 6.45) is 0. The van der Waals surface area contributed by atoms with E-state index in [1.807, 2.05) is 23.6 Å². The normalized spacial score (nSPS) is 25.4. The molecule has 0 aromatic carbocycles. The van der Waals surface area contributed by atoms with Gasteiger partial charge in [-0.15, -0.1) is 11.3 Å². The first-order valence-electron chi connectivity index (χ1n) is 7.02. The van der Waals surface area contributed by atoms with Gasteiger partial charge < -0.3 is 9.80 Å². The van der Waals surface area contributed by atoms with Crippen molar-refractivity contribution in [1.29, 1.82) is 0 Å². The fraction of sp³-hybridized carbons (Fsp3) is 0.643. The molecule has 0 N–H and O–H groups in total. The molecule has 0 unspecified atom stereocenters. The van der Waals surface area contributed by atoms with Crippen molar-refractivity contribution in [2.45, 2.75) is 13.8 Å². The Morgan fingerprint density at radius 1 is 1.20 bits per heavy atom. The minimum absolute atomic E-state index is 0.0300. The van der Waals surface area contributed by atoms with Gasteiger partial charge in [0.1, 0.15) is 5.69 Å². The highest BCUT2D eigenvalue weighted by Gasteiger charge is 2.43. The van der Waals surface area contributed by atoms with Crippen molar-refractivity contribution in [3.05, 3.63) is 16.6 Å². The van der Waals surface area contributed by atoms with Gasteiger partial charge >= 0.3 is 0 Å². The molecule has 6 heteroatoms. The summed E-state index contributed by atoms with van der Waals surface area (Å²) >= 11 is 1.44. The lowest BCUT2D eigenvalue weighted by Crippen LogP contribution is -2.37. The van der Waals surface area contributed by atoms with Gasteiger partial charge in [0, 0.05) is 49.3 Å². The number of aromatic nitrogens is 1. The van der Waals surface area contributed by atoms with Gasteiger partial charge in [-0.2, -0.15) is 0 Å². The van der Waals surface area contributed by atoms with Crippen LogP contribution in [0.25, 0.3) is 0 Å². The third-order valence-electron chi connectivity index (χ3n) is 4.23. The Morgan fingerprint density at radius 3 is 2.30 bits per heavy atom. The summed E-state index contributed by atoms with van der Waals surface area (Å²) in [4.78, 5) is 32.2. The Bertz CT molecular complexity index is 500. The first-order chi connectivity index (χ1) is 9.56. The maximum Gasteiger partial charge on any atom is 0.273 e. The van der Waals surface area contributed by atoms with Crippen molar-refractivity contribution >= 4 is 23.2 Å². The molecule has 0 spiro atoms. The number of carbonyl (C=O) groups excluding carboxylic acids is 2. The molecule has 2 aliphatic rings. The Kier molecular flexibility index (Phi) is 3.50. The number of amides is 2. The Labute approximate surface area is 122 Å². The van der Waals surface area contributed by atoms with Crippen LogP contribution in [0.4, 0.5) is 0 Å². The smallest absolute Gasteiger partial charge is 0.273 e. The van der Waals surface area contributed by atoms with Crippen LogP contribution in [0, 0.1) is 17.8 Å². The highest BCUT2D eigenvalue weighted by Crippen LogP contribution is 2.32. The number of thiazole rings is 1. The molecule has 2 saturated heterocycles. The van der Waals surface area contributed by atoms with E-state index in [1.165, 1.54) is 11.3 Å². The molecular weight excluding hydrogens is 274 g/mol. The molecule has 0 radical (unpaired) electrons. The predicted molar refractivity (Wildman–Crippen MR) is 76.4 cm³/mol. The first-order valence-corrected chi connectivity index (χ1v) is 7.96. The third kappa shape index (κ3) is 2.32. The van der Waals surface area contributed by atoms with E-state index in [1.54, 1.807) is 10.9 Å². The maximum absolute atomic E-state index is 12.3. The summed E-state index contributed by atoms with van der Waals surface area (Å²) in [5.41, 5.74) is 2.23. The second-order valence-corrected chi connectivity index (χ2v) is 6.72. The predicted octanol–water partition coefficient (Wildman–Crippen LogP) is 1.33. The molecule has 1 aromatic rings. The van der Waals surface area contributed by atoms with Crippen LogP contribution in [-0.2, 0) is 4.79 Å². The zero-order chi connectivity index (χ0) is 14.3. The number of nitrogens with zero attached hydrogens (tertiary/aromatic N) is 3. The van der Waals surface area contributed by atoms with Gasteiger partial charge in [-0.05, 0) is 0 Å². The zero-order valence-corrected chi connectivity index (χ0v) is 12.6. The van der Waals surface area contributed by atoms with Gasteiger partial charge in [0.05, 0.1) is 5.51 Å². The molecule has 0 saturated carbocycles. The standard InChI is InChI=1S/C14H19N3O2S/c1-9(2)13(18)16-3-10-5-17(6-11(10)4-16)14(19)12-7-20-8-15-12/h7-11H,3-6H2,1-2H3/t10-,11-/m0/s1. The average molecular weight is 293 g/mol. The summed E-state index contributed by atoms with van der Waals surface area (Å²) in [5.74, 6) is 1.18. The van der Waals surface area contributed by atoms with Crippen molar-refractivity contribution in [2.75, 3.05) is 26.2 Å². The quantitative estimate of drug-likeness (QED) is 0.826. The van der Waals surface area contributed by atoms with E-state index >= 15 is 0 Å². The van der Waals surface area contributed by atoms with Crippen LogP contribution >= 0.6 is 11.3 Å². The van der Waals surface area contributed by atoms with Gasteiger partial charge in [-0.1, -0.05) is 13.8 Å². The van der Waals surface area contributed by atoms with Crippen molar-refractivity contribution in [1.82, 2.24) is 14.8 Å². The topological polar surface area (TPSA) is 53.5 Å². The van der Waals surface area contributed by atoms with Crippen LogP contribution < -0.4 is 0 Å². The van der Waals surface area contributed by atoms with Crippen molar-refractivity contribution in [3.8, 4) is 0 Å². The number of fused-ring (bicyclic) bond motifs is 1. The number of hydrogen-bond acceptors (Lipinski definition) is 4. The minimum Gasteiger partial charge on any atom is -0.342 e. The van der Waals surface area contributed by atoms with Gasteiger partial charge in [-0.3, -0.25) is 9.59 Å². The lowest BCUT2D eigenvalue weighted by Gasteiger charge is -2.22. The van der Waals surface area contributed by atoms with Gasteiger partial charge in [0.25, 0.3) is 5.91 Å². The van der Waals surface area contributed by atoms with E-state index in [9.17, 15) is 9.59 Å². The van der Waals surface area contributed by atoms with Crippen LogP contribution in [0.5, 0.6) is 0 Å². The molecule has 3 rings (SSSR count). The molecule has 1 aromatic heterocycles. The van der Waals surface area contributed by atoms with E-state index in [0.717, 1.165) is 26.2 Å². The average Bonchev–Trinajstić information content (AvgIpc) is 3.11. The number of carbonyl (C=O) groups is 2. The molecule has 108 valence electrons. The lowest BCUT2D eigenvalue weighted by molar-refractivity contribution is -0.133. The molecule has 5 nitrogen and oxygen atoms in total. The highest BCUT2D eigenvalue weighted by atomic mass is 32.1. The Hall–Kier alpha value is -1.43. The minimum atomic E-state index is 0.0300. The van der Waals surface area contributed by atoms with Crippen LogP contribution in [0.15, 0.2) is 10.9 Å². The molecule has 2 atom stereocenters. The Morgan fingerprint density at radius 2 is 1.80 bits per heavy atom. The largest absolute Gasteiger partial charge is 0.342 e. The van der Waals surface area contributed by atoms with Crippen molar-refractivity contribution < 1.29 is 9.59 Å². The van der Waals surface area contributed by atoms with Crippen LogP contribution in [0.2, 0.25) is 0 Å². The summed E-state index contributed by atoms with van der Waals surface area (Å²) in [5, 5.41) is 1.80. The molecule has 3 heterocycles. The molecule has 2 amide bonds. The van der Waals surface area contributed by atoms with E-state index in [0.29, 0.717) is 17.5 Å². The number of likely N-dealkylation sites (tertiary alicyclic amines) is 2. The second kappa shape index (κ2) is 5.16. The molecule has 2 fully saturated rings. The molecule has 0 aliphatic carbocycles. The SMILES string of the molecule is CC(C)C(=O)N1C[C@H]2CN(C(=O)c3cscn3)C[C@@H]2C1. The summed E-state index contributed by atoms with van der Waals surface area (Å²) in [6, 6.07) is 0. The van der Waals surface area contributed by atoms with Crippen molar-refractivity contribution in [3.63, 3.8) is 0 Å². The number of hydrogen-bond donors (Lipinski definition) is 0. The maximum atomic E-state index is 12.3. The van der Waals surface area contributed by atoms with E-state index in [-0.39, 0.29) is 17.7 Å². The summed E-state index contributed by atoms with van der Waals surface area (Å²) in [6.45, 7) is 6.97. The fourth-order valence-corrected chi connectivity index (χ4v) is 3.71. The summed E-state index contributed by atoms with van der Waals surface area (Å²) < 4.78 is 0. The van der Waals surface area contributed by atoms with Crippen LogP contribution in [0.3, 0.4) is 0 Å². The van der Waals surface area contributed by atoms with Crippen molar-refractivity contribution in [2.24, 2.45) is 17.8 Å². The molecule has 0 bridgehead atoms. The fourth-order valence-electron chi connectivity index (χ4n) is 3.18. The summed E-state index contributed by atoms with van der Waals surface area (Å²) in [7, 11) is 0. The van der Waals surface area contributed by atoms with Crippen LogP contribution in [-0.4, -0.2) is 52.8 Å². The zero-order valence-electron chi connectivity index (χ0n) is 11.8. The van der Waals surface area contributed by atoms with Gasteiger partial charge in [0.2, 0.25) is 5.91 Å². The number of rotatable bonds is 2. The first kappa shape index (κ1) is 13.5. The Balaban J connectivity index is 1.61. The second-order valence-electron chi connectivity index (χ2n) is 6.00. The van der Waals surface area contributed by atoms with Crippen LogP contribution in [0.1, 0.15) is 24.3 Å². The van der Waals surface area contributed by atoms with E-state index in [2.05, 4.69) is 4.98 Å². The van der Waals surface area contributed by atoms with Gasteiger partial charge in [0.15, 0.2) is 0 Å². The molecule has 20 heavy (non-hydrogen) atoms. The molecular formula is C14H19N3O2S. The monoisotopic (exact) mass is 293 g/mol.